The molecule has 2 heterocycles. The molecule has 0 saturated heterocycles. The summed E-state index contributed by atoms with van der Waals surface area (Å²) in [6.45, 7) is 4.20. The highest BCUT2D eigenvalue weighted by Crippen LogP contribution is 2.26. The Kier molecular flexibility index (Phi) is 4.56. The lowest BCUT2D eigenvalue weighted by molar-refractivity contribution is -0.129. The van der Waals surface area contributed by atoms with Gasteiger partial charge in [0.25, 0.3) is 0 Å². The third-order valence-corrected chi connectivity index (χ3v) is 3.65. The minimum Gasteiger partial charge on any atom is -0.347 e. The predicted molar refractivity (Wildman–Crippen MR) is 83.5 cm³/mol. The molecule has 0 fully saturated rings. The van der Waals surface area contributed by atoms with Crippen molar-refractivity contribution in [2.24, 2.45) is 7.05 Å². The molecule has 2 aromatic heterocycles. The van der Waals surface area contributed by atoms with Crippen LogP contribution in [0.15, 0.2) is 0 Å². The molecule has 1 unspecified atom stereocenters. The van der Waals surface area contributed by atoms with Crippen LogP contribution < -0.4 is 0 Å². The molecule has 6 nitrogen and oxygen atoms in total. The highest BCUT2D eigenvalue weighted by Gasteiger charge is 2.23. The second-order valence-electron chi connectivity index (χ2n) is 5.45. The maximum absolute atomic E-state index is 12.1. The van der Waals surface area contributed by atoms with Crippen LogP contribution in [0.1, 0.15) is 37.2 Å². The Hall–Kier alpha value is -1.56. The minimum atomic E-state index is -0.262. The van der Waals surface area contributed by atoms with E-state index in [0.29, 0.717) is 5.82 Å². The zero-order valence-electron chi connectivity index (χ0n) is 13.2. The van der Waals surface area contributed by atoms with E-state index < -0.39 is 0 Å². The number of aryl methyl sites for hydroxylation is 2. The van der Waals surface area contributed by atoms with Crippen LogP contribution >= 0.6 is 11.6 Å². The highest BCUT2D eigenvalue weighted by molar-refractivity contribution is 6.20. The predicted octanol–water partition coefficient (Wildman–Crippen LogP) is 2.11. The summed E-state index contributed by atoms with van der Waals surface area (Å²) in [5.74, 6) is 0.721. The lowest BCUT2D eigenvalue weighted by Gasteiger charge is -2.14. The van der Waals surface area contributed by atoms with Gasteiger partial charge in [-0.15, -0.1) is 11.6 Å². The maximum atomic E-state index is 12.1. The fourth-order valence-corrected chi connectivity index (χ4v) is 2.57. The number of fused-ring (bicyclic) bond motifs is 1. The number of alkyl halides is 1. The SMILES string of the molecule is CCCc1nn(C)c2c1nc(C(C)Cl)n2CC(=O)N(C)C. The van der Waals surface area contributed by atoms with Gasteiger partial charge in [0.15, 0.2) is 5.65 Å². The standard InChI is InChI=1S/C14H22ClN5O/c1-6-7-10-12-14(19(5)17-10)20(8-11(21)18(3)4)13(16-12)9(2)15/h9H,6-8H2,1-5H3. The number of imidazole rings is 1. The maximum Gasteiger partial charge on any atom is 0.242 e. The van der Waals surface area contributed by atoms with Crippen LogP contribution in [0.4, 0.5) is 0 Å². The topological polar surface area (TPSA) is 56.0 Å². The molecule has 0 bridgehead atoms. The van der Waals surface area contributed by atoms with Crippen LogP contribution in [-0.2, 0) is 24.8 Å². The van der Waals surface area contributed by atoms with Crippen LogP contribution in [0.5, 0.6) is 0 Å². The van der Waals surface area contributed by atoms with Crippen molar-refractivity contribution in [2.75, 3.05) is 14.1 Å². The number of aromatic nitrogens is 4. The van der Waals surface area contributed by atoms with E-state index in [1.54, 1.807) is 23.7 Å². The van der Waals surface area contributed by atoms with Gasteiger partial charge in [0.1, 0.15) is 17.9 Å². The molecule has 0 spiro atoms. The molecule has 0 aromatic carbocycles. The number of carbonyl (C=O) groups is 1. The van der Waals surface area contributed by atoms with Gasteiger partial charge in [0, 0.05) is 21.1 Å². The number of likely N-dealkylation sites (N-methyl/N-ethyl adjacent to an activating group) is 1. The van der Waals surface area contributed by atoms with Gasteiger partial charge in [-0.3, -0.25) is 9.48 Å². The Bertz CT molecular complexity index is 656. The van der Waals surface area contributed by atoms with E-state index in [9.17, 15) is 4.79 Å². The van der Waals surface area contributed by atoms with Crippen LogP contribution in [0.3, 0.4) is 0 Å². The number of amides is 1. The van der Waals surface area contributed by atoms with Crippen molar-refractivity contribution in [3.05, 3.63) is 11.5 Å². The van der Waals surface area contributed by atoms with Crippen molar-refractivity contribution in [3.63, 3.8) is 0 Å². The number of halogens is 1. The average Bonchev–Trinajstić information content (AvgIpc) is 2.90. The first-order valence-corrected chi connectivity index (χ1v) is 7.56. The molecule has 21 heavy (non-hydrogen) atoms. The molecule has 0 aliphatic carbocycles. The highest BCUT2D eigenvalue weighted by atomic mass is 35.5. The van der Waals surface area contributed by atoms with Gasteiger partial charge >= 0.3 is 0 Å². The molecule has 2 aromatic rings. The van der Waals surface area contributed by atoms with Crippen molar-refractivity contribution in [1.29, 1.82) is 0 Å². The first-order valence-electron chi connectivity index (χ1n) is 7.13. The lowest BCUT2D eigenvalue weighted by Crippen LogP contribution is -2.27. The van der Waals surface area contributed by atoms with E-state index >= 15 is 0 Å². The van der Waals surface area contributed by atoms with Gasteiger partial charge in [-0.25, -0.2) is 4.98 Å². The number of rotatable bonds is 5. The van der Waals surface area contributed by atoms with Crippen molar-refractivity contribution in [1.82, 2.24) is 24.2 Å². The normalized spacial score (nSPS) is 12.9. The monoisotopic (exact) mass is 311 g/mol. The molecular weight excluding hydrogens is 290 g/mol. The Balaban J connectivity index is 2.59. The molecule has 7 heteroatoms. The van der Waals surface area contributed by atoms with E-state index in [0.717, 1.165) is 29.7 Å². The van der Waals surface area contributed by atoms with Gasteiger partial charge < -0.3 is 9.47 Å². The zero-order chi connectivity index (χ0) is 15.7. The lowest BCUT2D eigenvalue weighted by atomic mass is 10.2. The molecule has 0 saturated carbocycles. The molecule has 2 rings (SSSR count). The number of hydrogen-bond donors (Lipinski definition) is 0. The summed E-state index contributed by atoms with van der Waals surface area (Å²) in [5, 5.41) is 4.26. The number of hydrogen-bond acceptors (Lipinski definition) is 3. The third kappa shape index (κ3) is 2.90. The van der Waals surface area contributed by atoms with Gasteiger partial charge in [-0.1, -0.05) is 13.3 Å². The molecule has 0 aliphatic heterocycles. The van der Waals surface area contributed by atoms with E-state index in [2.05, 4.69) is 17.0 Å². The van der Waals surface area contributed by atoms with E-state index in [1.807, 2.05) is 18.5 Å². The van der Waals surface area contributed by atoms with E-state index in [-0.39, 0.29) is 17.8 Å². The summed E-state index contributed by atoms with van der Waals surface area (Å²) in [4.78, 5) is 18.3. The second kappa shape index (κ2) is 6.05. The van der Waals surface area contributed by atoms with Gasteiger partial charge in [-0.2, -0.15) is 5.10 Å². The number of nitrogens with zero attached hydrogens (tertiary/aromatic N) is 5. The van der Waals surface area contributed by atoms with Crippen molar-refractivity contribution >= 4 is 28.7 Å². The summed E-state index contributed by atoms with van der Waals surface area (Å²) in [7, 11) is 5.36. The second-order valence-corrected chi connectivity index (χ2v) is 6.11. The Labute approximate surface area is 129 Å². The van der Waals surface area contributed by atoms with E-state index in [4.69, 9.17) is 11.6 Å². The Morgan fingerprint density at radius 1 is 1.43 bits per heavy atom. The van der Waals surface area contributed by atoms with Crippen LogP contribution in [0.25, 0.3) is 11.2 Å². The van der Waals surface area contributed by atoms with Gasteiger partial charge in [0.05, 0.1) is 11.1 Å². The molecule has 0 N–H and O–H groups in total. The Morgan fingerprint density at radius 2 is 2.10 bits per heavy atom. The fourth-order valence-electron chi connectivity index (χ4n) is 2.40. The summed E-state index contributed by atoms with van der Waals surface area (Å²) in [6.07, 6.45) is 1.87. The summed E-state index contributed by atoms with van der Waals surface area (Å²) in [5.41, 5.74) is 2.68. The fraction of sp³-hybridized carbons (Fsp3) is 0.643. The summed E-state index contributed by atoms with van der Waals surface area (Å²) >= 11 is 6.24. The molecule has 1 atom stereocenters. The van der Waals surface area contributed by atoms with Gasteiger partial charge in [0.2, 0.25) is 5.91 Å². The third-order valence-electron chi connectivity index (χ3n) is 3.46. The first kappa shape index (κ1) is 15.8. The van der Waals surface area contributed by atoms with E-state index in [1.165, 1.54) is 0 Å². The van der Waals surface area contributed by atoms with Crippen molar-refractivity contribution < 1.29 is 4.79 Å². The molecular formula is C14H22ClN5O. The first-order chi connectivity index (χ1) is 9.86. The molecule has 1 amide bonds. The molecule has 0 radical (unpaired) electrons. The largest absolute Gasteiger partial charge is 0.347 e. The Morgan fingerprint density at radius 3 is 2.62 bits per heavy atom. The molecule has 0 aliphatic rings. The van der Waals surface area contributed by atoms with Crippen LogP contribution in [0, 0.1) is 0 Å². The van der Waals surface area contributed by atoms with Crippen molar-refractivity contribution in [2.45, 2.75) is 38.6 Å². The summed E-state index contributed by atoms with van der Waals surface area (Å²) in [6, 6.07) is 0. The van der Waals surface area contributed by atoms with Gasteiger partial charge in [-0.05, 0) is 13.3 Å². The quantitative estimate of drug-likeness (QED) is 0.795. The van der Waals surface area contributed by atoms with Crippen LogP contribution in [-0.4, -0.2) is 44.2 Å². The number of carbonyl (C=O) groups excluding carboxylic acids is 1. The van der Waals surface area contributed by atoms with Crippen LogP contribution in [0.2, 0.25) is 0 Å². The smallest absolute Gasteiger partial charge is 0.242 e. The average molecular weight is 312 g/mol. The zero-order valence-corrected chi connectivity index (χ0v) is 14.0. The molecule has 116 valence electrons. The minimum absolute atomic E-state index is 0.00566. The summed E-state index contributed by atoms with van der Waals surface area (Å²) < 4.78 is 3.67. The van der Waals surface area contributed by atoms with Crippen molar-refractivity contribution in [3.8, 4) is 0 Å².